The summed E-state index contributed by atoms with van der Waals surface area (Å²) in [6.45, 7) is 2.00. The van der Waals surface area contributed by atoms with Crippen LogP contribution in [-0.4, -0.2) is 11.0 Å². The van der Waals surface area contributed by atoms with E-state index >= 15 is 0 Å². The predicted octanol–water partition coefficient (Wildman–Crippen LogP) is 2.61. The van der Waals surface area contributed by atoms with E-state index in [4.69, 9.17) is 10.2 Å². The molecule has 1 unspecified atom stereocenters. The SMILES string of the molecule is CC(N)Cc1coc(C2CCCCC2)n1. The lowest BCUT2D eigenvalue weighted by Gasteiger charge is -2.17. The fourth-order valence-corrected chi connectivity index (χ4v) is 2.28. The van der Waals surface area contributed by atoms with Gasteiger partial charge in [0.1, 0.15) is 6.26 Å². The molecule has 0 aromatic carbocycles. The van der Waals surface area contributed by atoms with Crippen LogP contribution in [0.4, 0.5) is 0 Å². The Balaban J connectivity index is 1.99. The summed E-state index contributed by atoms with van der Waals surface area (Å²) >= 11 is 0. The predicted molar refractivity (Wildman–Crippen MR) is 59.7 cm³/mol. The van der Waals surface area contributed by atoms with Crippen LogP contribution in [0.2, 0.25) is 0 Å². The lowest BCUT2D eigenvalue weighted by atomic mass is 9.89. The Morgan fingerprint density at radius 2 is 2.20 bits per heavy atom. The fraction of sp³-hybridized carbons (Fsp3) is 0.750. The van der Waals surface area contributed by atoms with E-state index in [1.807, 2.05) is 6.92 Å². The molecule has 15 heavy (non-hydrogen) atoms. The van der Waals surface area contributed by atoms with Gasteiger partial charge in [-0.25, -0.2) is 4.98 Å². The van der Waals surface area contributed by atoms with Crippen LogP contribution in [0.5, 0.6) is 0 Å². The van der Waals surface area contributed by atoms with Crippen molar-refractivity contribution in [1.82, 2.24) is 4.98 Å². The number of nitrogens with zero attached hydrogens (tertiary/aromatic N) is 1. The molecule has 1 fully saturated rings. The van der Waals surface area contributed by atoms with Gasteiger partial charge in [-0.15, -0.1) is 0 Å². The average molecular weight is 208 g/mol. The molecule has 1 aliphatic carbocycles. The molecular weight excluding hydrogens is 188 g/mol. The molecule has 1 aliphatic rings. The molecular formula is C12H20N2O. The number of hydrogen-bond donors (Lipinski definition) is 1. The van der Waals surface area contributed by atoms with Crippen LogP contribution in [0.15, 0.2) is 10.7 Å². The second-order valence-corrected chi connectivity index (χ2v) is 4.69. The van der Waals surface area contributed by atoms with Gasteiger partial charge in [0.15, 0.2) is 5.89 Å². The molecule has 2 N–H and O–H groups in total. The fourth-order valence-electron chi connectivity index (χ4n) is 2.28. The Labute approximate surface area is 91.1 Å². The van der Waals surface area contributed by atoms with E-state index in [0.717, 1.165) is 18.0 Å². The molecule has 0 spiro atoms. The molecule has 0 bridgehead atoms. The number of rotatable bonds is 3. The molecule has 1 heterocycles. The third kappa shape index (κ3) is 2.81. The highest BCUT2D eigenvalue weighted by atomic mass is 16.3. The molecule has 3 nitrogen and oxygen atoms in total. The topological polar surface area (TPSA) is 52.0 Å². The standard InChI is InChI=1S/C12H20N2O/c1-9(13)7-11-8-15-12(14-11)10-5-3-2-4-6-10/h8-10H,2-7,13H2,1H3. The summed E-state index contributed by atoms with van der Waals surface area (Å²) in [6.07, 6.45) is 9.05. The Morgan fingerprint density at radius 3 is 2.87 bits per heavy atom. The van der Waals surface area contributed by atoms with Crippen molar-refractivity contribution in [2.24, 2.45) is 5.73 Å². The maximum absolute atomic E-state index is 5.73. The van der Waals surface area contributed by atoms with E-state index in [1.54, 1.807) is 6.26 Å². The molecule has 1 aromatic heterocycles. The van der Waals surface area contributed by atoms with Gasteiger partial charge in [-0.05, 0) is 19.8 Å². The summed E-state index contributed by atoms with van der Waals surface area (Å²) in [7, 11) is 0. The lowest BCUT2D eigenvalue weighted by Crippen LogP contribution is -2.18. The highest BCUT2D eigenvalue weighted by Crippen LogP contribution is 2.31. The first-order valence-electron chi connectivity index (χ1n) is 5.95. The molecule has 3 heteroatoms. The van der Waals surface area contributed by atoms with Gasteiger partial charge in [0.2, 0.25) is 0 Å². The highest BCUT2D eigenvalue weighted by Gasteiger charge is 2.20. The number of nitrogens with two attached hydrogens (primary N) is 1. The minimum absolute atomic E-state index is 0.161. The summed E-state index contributed by atoms with van der Waals surface area (Å²) in [6, 6.07) is 0.161. The normalized spacial score (nSPS) is 20.4. The number of oxazole rings is 1. The van der Waals surface area contributed by atoms with Gasteiger partial charge in [0, 0.05) is 18.4 Å². The van der Waals surface area contributed by atoms with Gasteiger partial charge in [-0.3, -0.25) is 0 Å². The third-order valence-electron chi connectivity index (χ3n) is 3.06. The van der Waals surface area contributed by atoms with Crippen molar-refractivity contribution >= 4 is 0 Å². The molecule has 0 amide bonds. The third-order valence-corrected chi connectivity index (χ3v) is 3.06. The molecule has 2 rings (SSSR count). The van der Waals surface area contributed by atoms with Gasteiger partial charge in [0.25, 0.3) is 0 Å². The maximum atomic E-state index is 5.73. The van der Waals surface area contributed by atoms with E-state index in [0.29, 0.717) is 5.92 Å². The second kappa shape index (κ2) is 4.79. The van der Waals surface area contributed by atoms with Crippen molar-refractivity contribution in [3.8, 4) is 0 Å². The molecule has 1 saturated carbocycles. The van der Waals surface area contributed by atoms with E-state index in [2.05, 4.69) is 4.98 Å². The van der Waals surface area contributed by atoms with Crippen molar-refractivity contribution in [3.05, 3.63) is 17.8 Å². The molecule has 0 aliphatic heterocycles. The van der Waals surface area contributed by atoms with Crippen LogP contribution in [0.3, 0.4) is 0 Å². The first kappa shape index (κ1) is 10.7. The smallest absolute Gasteiger partial charge is 0.197 e. The maximum Gasteiger partial charge on any atom is 0.197 e. The average Bonchev–Trinajstić information content (AvgIpc) is 2.67. The summed E-state index contributed by atoms with van der Waals surface area (Å²) in [4.78, 5) is 4.53. The Hall–Kier alpha value is -0.830. The van der Waals surface area contributed by atoms with Crippen molar-refractivity contribution < 1.29 is 4.42 Å². The minimum atomic E-state index is 0.161. The number of hydrogen-bond acceptors (Lipinski definition) is 3. The first-order chi connectivity index (χ1) is 7.25. The van der Waals surface area contributed by atoms with Crippen LogP contribution in [-0.2, 0) is 6.42 Å². The van der Waals surface area contributed by atoms with Gasteiger partial charge >= 0.3 is 0 Å². The van der Waals surface area contributed by atoms with E-state index in [9.17, 15) is 0 Å². The van der Waals surface area contributed by atoms with Gasteiger partial charge in [-0.1, -0.05) is 19.3 Å². The lowest BCUT2D eigenvalue weighted by molar-refractivity contribution is 0.363. The minimum Gasteiger partial charge on any atom is -0.448 e. The summed E-state index contributed by atoms with van der Waals surface area (Å²) in [5.41, 5.74) is 6.74. The first-order valence-corrected chi connectivity index (χ1v) is 5.95. The van der Waals surface area contributed by atoms with Gasteiger partial charge < -0.3 is 10.2 Å². The second-order valence-electron chi connectivity index (χ2n) is 4.69. The highest BCUT2D eigenvalue weighted by molar-refractivity contribution is 5.03. The molecule has 1 aromatic rings. The molecule has 0 saturated heterocycles. The zero-order chi connectivity index (χ0) is 10.7. The monoisotopic (exact) mass is 208 g/mol. The Bertz CT molecular complexity index is 300. The molecule has 0 radical (unpaired) electrons. The number of aromatic nitrogens is 1. The van der Waals surface area contributed by atoms with Crippen molar-refractivity contribution in [2.45, 2.75) is 57.4 Å². The van der Waals surface area contributed by atoms with Crippen LogP contribution in [0, 0.1) is 0 Å². The van der Waals surface area contributed by atoms with Crippen molar-refractivity contribution in [3.63, 3.8) is 0 Å². The Kier molecular flexibility index (Phi) is 3.41. The van der Waals surface area contributed by atoms with E-state index in [-0.39, 0.29) is 6.04 Å². The van der Waals surface area contributed by atoms with Crippen LogP contribution in [0.1, 0.15) is 56.5 Å². The van der Waals surface area contributed by atoms with Gasteiger partial charge in [-0.2, -0.15) is 0 Å². The summed E-state index contributed by atoms with van der Waals surface area (Å²) in [5.74, 6) is 1.49. The van der Waals surface area contributed by atoms with Crippen LogP contribution >= 0.6 is 0 Å². The summed E-state index contributed by atoms with van der Waals surface area (Å²) < 4.78 is 5.54. The van der Waals surface area contributed by atoms with E-state index in [1.165, 1.54) is 32.1 Å². The molecule has 84 valence electrons. The van der Waals surface area contributed by atoms with Crippen LogP contribution in [0.25, 0.3) is 0 Å². The zero-order valence-electron chi connectivity index (χ0n) is 9.41. The quantitative estimate of drug-likeness (QED) is 0.830. The zero-order valence-corrected chi connectivity index (χ0v) is 9.41. The molecule has 1 atom stereocenters. The summed E-state index contributed by atoms with van der Waals surface area (Å²) in [5, 5.41) is 0. The van der Waals surface area contributed by atoms with Gasteiger partial charge in [0.05, 0.1) is 5.69 Å². The Morgan fingerprint density at radius 1 is 1.47 bits per heavy atom. The largest absolute Gasteiger partial charge is 0.448 e. The van der Waals surface area contributed by atoms with Crippen molar-refractivity contribution in [2.75, 3.05) is 0 Å². The van der Waals surface area contributed by atoms with Crippen molar-refractivity contribution in [1.29, 1.82) is 0 Å². The van der Waals surface area contributed by atoms with Crippen LogP contribution < -0.4 is 5.73 Å². The van der Waals surface area contributed by atoms with E-state index < -0.39 is 0 Å².